The van der Waals surface area contributed by atoms with Gasteiger partial charge in [-0.15, -0.1) is 0 Å². The number of hydrogen-bond donors (Lipinski definition) is 1. The van der Waals surface area contributed by atoms with Gasteiger partial charge in [-0.3, -0.25) is 9.36 Å². The molecule has 7 heteroatoms. The Morgan fingerprint density at radius 1 is 0.966 bits per heavy atom. The third kappa shape index (κ3) is 3.10. The van der Waals surface area contributed by atoms with Gasteiger partial charge in [0.05, 0.1) is 27.6 Å². The minimum absolute atomic E-state index is 0.106. The van der Waals surface area contributed by atoms with E-state index in [9.17, 15) is 4.79 Å². The molecule has 142 valence electrons. The lowest BCUT2D eigenvalue weighted by Crippen LogP contribution is -2.22. The quantitative estimate of drug-likeness (QED) is 0.329. The third-order valence-corrected chi connectivity index (χ3v) is 5.91. The fourth-order valence-electron chi connectivity index (χ4n) is 3.48. The summed E-state index contributed by atoms with van der Waals surface area (Å²) >= 11 is 6.95. The van der Waals surface area contributed by atoms with Crippen LogP contribution >= 0.6 is 31.9 Å². The standard InChI is InChI=1S/C22H14Br2N4O/c1-12-25-20-16(10-14(23)11-17(20)24)22(29)28(12)15-8-6-13(7-9-15)21-26-18-4-2-3-5-19(18)27-21/h2-11H,1H3,(H,26,27). The van der Waals surface area contributed by atoms with Crippen molar-refractivity contribution in [2.24, 2.45) is 0 Å². The van der Waals surface area contributed by atoms with Crippen molar-refractivity contribution in [3.05, 3.63) is 85.8 Å². The molecule has 2 aromatic heterocycles. The zero-order valence-corrected chi connectivity index (χ0v) is 18.5. The number of rotatable bonds is 2. The highest BCUT2D eigenvalue weighted by atomic mass is 79.9. The van der Waals surface area contributed by atoms with Gasteiger partial charge < -0.3 is 4.98 Å². The van der Waals surface area contributed by atoms with E-state index in [-0.39, 0.29) is 5.56 Å². The molecule has 0 unspecified atom stereocenters. The van der Waals surface area contributed by atoms with E-state index in [1.807, 2.05) is 61.5 Å². The first kappa shape index (κ1) is 18.3. The molecule has 5 nitrogen and oxygen atoms in total. The van der Waals surface area contributed by atoms with Gasteiger partial charge in [-0.2, -0.15) is 0 Å². The Balaban J connectivity index is 1.63. The number of aromatic nitrogens is 4. The predicted octanol–water partition coefficient (Wildman–Crippen LogP) is 5.76. The number of hydrogen-bond acceptors (Lipinski definition) is 3. The van der Waals surface area contributed by atoms with Crippen LogP contribution in [0.15, 0.2) is 74.4 Å². The Labute approximate surface area is 182 Å². The molecule has 0 aliphatic carbocycles. The van der Waals surface area contributed by atoms with Gasteiger partial charge in [-0.1, -0.05) is 28.1 Å². The van der Waals surface area contributed by atoms with E-state index in [1.165, 1.54) is 0 Å². The Kier molecular flexibility index (Phi) is 4.37. The first-order chi connectivity index (χ1) is 14.0. The van der Waals surface area contributed by atoms with E-state index in [4.69, 9.17) is 0 Å². The van der Waals surface area contributed by atoms with Gasteiger partial charge in [0.15, 0.2) is 0 Å². The smallest absolute Gasteiger partial charge is 0.266 e. The maximum atomic E-state index is 13.2. The molecule has 1 N–H and O–H groups in total. The van der Waals surface area contributed by atoms with Crippen LogP contribution in [0.25, 0.3) is 39.0 Å². The van der Waals surface area contributed by atoms with Crippen LogP contribution in [0.5, 0.6) is 0 Å². The molecule has 0 amide bonds. The Morgan fingerprint density at radius 2 is 1.72 bits per heavy atom. The number of benzene rings is 3. The van der Waals surface area contributed by atoms with E-state index in [0.717, 1.165) is 37.1 Å². The molecule has 0 atom stereocenters. The molecule has 0 spiro atoms. The monoisotopic (exact) mass is 508 g/mol. The second-order valence-corrected chi connectivity index (χ2v) is 8.50. The summed E-state index contributed by atoms with van der Waals surface area (Å²) in [7, 11) is 0. The number of nitrogens with zero attached hydrogens (tertiary/aromatic N) is 3. The van der Waals surface area contributed by atoms with Gasteiger partial charge in [0.25, 0.3) is 5.56 Å². The van der Waals surface area contributed by atoms with Crippen molar-refractivity contribution in [2.45, 2.75) is 6.92 Å². The van der Waals surface area contributed by atoms with Crippen molar-refractivity contribution in [2.75, 3.05) is 0 Å². The molecule has 5 aromatic rings. The van der Waals surface area contributed by atoms with Crippen LogP contribution in [0, 0.1) is 6.92 Å². The number of H-pyrrole nitrogens is 1. The lowest BCUT2D eigenvalue weighted by atomic mass is 10.2. The van der Waals surface area contributed by atoms with Crippen LogP contribution in [0.2, 0.25) is 0 Å². The van der Waals surface area contributed by atoms with Crippen molar-refractivity contribution in [1.29, 1.82) is 0 Å². The van der Waals surface area contributed by atoms with Crippen LogP contribution in [0.1, 0.15) is 5.82 Å². The van der Waals surface area contributed by atoms with Gasteiger partial charge in [0.1, 0.15) is 11.6 Å². The molecule has 5 rings (SSSR count). The molecular formula is C22H14Br2N4O. The van der Waals surface area contributed by atoms with E-state index < -0.39 is 0 Å². The summed E-state index contributed by atoms with van der Waals surface area (Å²) in [5.41, 5.74) is 4.19. The molecule has 0 saturated heterocycles. The first-order valence-corrected chi connectivity index (χ1v) is 10.5. The number of aryl methyl sites for hydroxylation is 1. The number of aromatic amines is 1. The van der Waals surface area contributed by atoms with Crippen LogP contribution in [0.3, 0.4) is 0 Å². The van der Waals surface area contributed by atoms with Gasteiger partial charge >= 0.3 is 0 Å². The lowest BCUT2D eigenvalue weighted by molar-refractivity contribution is 0.894. The Morgan fingerprint density at radius 3 is 2.48 bits per heavy atom. The van der Waals surface area contributed by atoms with Crippen LogP contribution in [0.4, 0.5) is 0 Å². The SMILES string of the molecule is Cc1nc2c(Br)cc(Br)cc2c(=O)n1-c1ccc(-c2nc3ccccc3[nH]2)cc1. The molecule has 0 aliphatic rings. The van der Waals surface area contributed by atoms with Gasteiger partial charge in [0.2, 0.25) is 0 Å². The van der Waals surface area contributed by atoms with Crippen LogP contribution < -0.4 is 5.56 Å². The van der Waals surface area contributed by atoms with Crippen molar-refractivity contribution in [3.63, 3.8) is 0 Å². The Hall–Kier alpha value is -2.77. The summed E-state index contributed by atoms with van der Waals surface area (Å²) in [5.74, 6) is 1.42. The van der Waals surface area contributed by atoms with Crippen LogP contribution in [-0.4, -0.2) is 19.5 Å². The molecule has 0 bridgehead atoms. The Bertz CT molecular complexity index is 1420. The zero-order valence-electron chi connectivity index (χ0n) is 15.3. The molecule has 2 heterocycles. The second kappa shape index (κ2) is 6.93. The minimum Gasteiger partial charge on any atom is -0.338 e. The molecule has 0 radical (unpaired) electrons. The highest BCUT2D eigenvalue weighted by Crippen LogP contribution is 2.27. The van der Waals surface area contributed by atoms with Crippen molar-refractivity contribution in [3.8, 4) is 17.1 Å². The minimum atomic E-state index is -0.106. The number of fused-ring (bicyclic) bond motifs is 2. The van der Waals surface area contributed by atoms with Gasteiger partial charge in [0, 0.05) is 14.5 Å². The fourth-order valence-corrected chi connectivity index (χ4v) is 4.80. The predicted molar refractivity (Wildman–Crippen MR) is 123 cm³/mol. The summed E-state index contributed by atoms with van der Waals surface area (Å²) < 4.78 is 3.24. The van der Waals surface area contributed by atoms with E-state index in [2.05, 4.69) is 46.8 Å². The lowest BCUT2D eigenvalue weighted by Gasteiger charge is -2.12. The molecule has 0 fully saturated rings. The third-order valence-electron chi connectivity index (χ3n) is 4.85. The molecule has 29 heavy (non-hydrogen) atoms. The summed E-state index contributed by atoms with van der Waals surface area (Å²) in [4.78, 5) is 25.8. The normalized spacial score (nSPS) is 11.4. The first-order valence-electron chi connectivity index (χ1n) is 8.95. The molecule has 0 aliphatic heterocycles. The highest BCUT2D eigenvalue weighted by Gasteiger charge is 2.13. The number of para-hydroxylation sites is 2. The average molecular weight is 510 g/mol. The van der Waals surface area contributed by atoms with Crippen molar-refractivity contribution in [1.82, 2.24) is 19.5 Å². The second-order valence-electron chi connectivity index (χ2n) is 6.73. The summed E-state index contributed by atoms with van der Waals surface area (Å²) in [6.45, 7) is 1.84. The molecule has 0 saturated carbocycles. The van der Waals surface area contributed by atoms with Gasteiger partial charge in [-0.25, -0.2) is 9.97 Å². The maximum Gasteiger partial charge on any atom is 0.266 e. The zero-order chi connectivity index (χ0) is 20.1. The fraction of sp³-hybridized carbons (Fsp3) is 0.0455. The van der Waals surface area contributed by atoms with Crippen molar-refractivity contribution >= 4 is 53.8 Å². The van der Waals surface area contributed by atoms with Gasteiger partial charge in [-0.05, 0) is 71.4 Å². The topological polar surface area (TPSA) is 63.6 Å². The van der Waals surface area contributed by atoms with E-state index >= 15 is 0 Å². The summed E-state index contributed by atoms with van der Waals surface area (Å²) in [6.07, 6.45) is 0. The molecular weight excluding hydrogens is 496 g/mol. The average Bonchev–Trinajstić information content (AvgIpc) is 3.14. The number of halogens is 2. The van der Waals surface area contributed by atoms with E-state index in [1.54, 1.807) is 10.6 Å². The number of imidazole rings is 1. The van der Waals surface area contributed by atoms with E-state index in [0.29, 0.717) is 16.7 Å². The van der Waals surface area contributed by atoms with Crippen LogP contribution in [-0.2, 0) is 0 Å². The summed E-state index contributed by atoms with van der Waals surface area (Å²) in [6, 6.07) is 19.4. The highest BCUT2D eigenvalue weighted by molar-refractivity contribution is 9.11. The summed E-state index contributed by atoms with van der Waals surface area (Å²) in [5, 5.41) is 0.554. The van der Waals surface area contributed by atoms with Crippen molar-refractivity contribution < 1.29 is 0 Å². The number of nitrogens with one attached hydrogen (secondary N) is 1. The largest absolute Gasteiger partial charge is 0.338 e. The molecule has 3 aromatic carbocycles. The maximum absolute atomic E-state index is 13.2.